The molecule has 10 heteroatoms. The van der Waals surface area contributed by atoms with Crippen molar-refractivity contribution in [2.24, 2.45) is 0 Å². The summed E-state index contributed by atoms with van der Waals surface area (Å²) in [5.41, 5.74) is 2.72. The summed E-state index contributed by atoms with van der Waals surface area (Å²) >= 11 is 2.39. The van der Waals surface area contributed by atoms with E-state index >= 15 is 0 Å². The standard InChI is InChI=1S/C20H18N4O4S2/c1-12-2-5-14(6-3-12)22-18(26)19-23-24-20(30-19)29-10-17(25)21-9-13-4-7-15-16(8-13)28-11-27-15/h2-8H,9-11H2,1H3,(H,21,25)(H,22,26). The summed E-state index contributed by atoms with van der Waals surface area (Å²) in [7, 11) is 0. The Morgan fingerprint density at radius 2 is 1.90 bits per heavy atom. The molecule has 0 saturated carbocycles. The van der Waals surface area contributed by atoms with E-state index in [4.69, 9.17) is 9.47 Å². The van der Waals surface area contributed by atoms with Gasteiger partial charge in [-0.25, -0.2) is 0 Å². The average Bonchev–Trinajstić information content (AvgIpc) is 3.41. The molecule has 8 nitrogen and oxygen atoms in total. The zero-order valence-corrected chi connectivity index (χ0v) is 17.6. The molecule has 0 aliphatic carbocycles. The molecule has 154 valence electrons. The number of fused-ring (bicyclic) bond motifs is 1. The van der Waals surface area contributed by atoms with Crippen molar-refractivity contribution in [2.45, 2.75) is 17.8 Å². The number of carbonyl (C=O) groups is 2. The van der Waals surface area contributed by atoms with Gasteiger partial charge in [-0.1, -0.05) is 46.9 Å². The second-order valence-corrected chi connectivity index (χ2v) is 8.65. The maximum Gasteiger partial charge on any atom is 0.286 e. The monoisotopic (exact) mass is 442 g/mol. The first-order chi connectivity index (χ1) is 14.6. The molecule has 0 radical (unpaired) electrons. The maximum absolute atomic E-state index is 12.3. The summed E-state index contributed by atoms with van der Waals surface area (Å²) in [6.45, 7) is 2.58. The first kappa shape index (κ1) is 20.2. The normalized spacial score (nSPS) is 11.9. The van der Waals surface area contributed by atoms with Gasteiger partial charge in [0.25, 0.3) is 5.91 Å². The lowest BCUT2D eigenvalue weighted by Crippen LogP contribution is -2.24. The smallest absolute Gasteiger partial charge is 0.286 e. The lowest BCUT2D eigenvalue weighted by Gasteiger charge is -2.05. The number of anilines is 1. The number of hydrogen-bond acceptors (Lipinski definition) is 8. The van der Waals surface area contributed by atoms with E-state index < -0.39 is 0 Å². The highest BCUT2D eigenvalue weighted by molar-refractivity contribution is 8.01. The fourth-order valence-electron chi connectivity index (χ4n) is 2.61. The molecular formula is C20H18N4O4S2. The molecule has 0 unspecified atom stereocenters. The van der Waals surface area contributed by atoms with Crippen molar-refractivity contribution in [1.29, 1.82) is 0 Å². The Morgan fingerprint density at radius 3 is 2.73 bits per heavy atom. The summed E-state index contributed by atoms with van der Waals surface area (Å²) < 4.78 is 11.2. The van der Waals surface area contributed by atoms with Crippen molar-refractivity contribution < 1.29 is 19.1 Å². The summed E-state index contributed by atoms with van der Waals surface area (Å²) in [6, 6.07) is 13.0. The van der Waals surface area contributed by atoms with Crippen LogP contribution in [0.4, 0.5) is 5.69 Å². The Labute approximate surface area is 181 Å². The molecule has 2 amide bonds. The molecule has 0 atom stereocenters. The predicted molar refractivity (Wildman–Crippen MR) is 114 cm³/mol. The van der Waals surface area contributed by atoms with Crippen LogP contribution in [0.1, 0.15) is 20.9 Å². The summed E-state index contributed by atoms with van der Waals surface area (Å²) in [5, 5.41) is 13.8. The van der Waals surface area contributed by atoms with Gasteiger partial charge < -0.3 is 20.1 Å². The van der Waals surface area contributed by atoms with Crippen LogP contribution in [0, 0.1) is 6.92 Å². The predicted octanol–water partition coefficient (Wildman–Crippen LogP) is 3.24. The van der Waals surface area contributed by atoms with Gasteiger partial charge >= 0.3 is 0 Å². The minimum atomic E-state index is -0.324. The van der Waals surface area contributed by atoms with Gasteiger partial charge in [-0.05, 0) is 36.8 Å². The molecule has 1 aliphatic heterocycles. The van der Waals surface area contributed by atoms with Gasteiger partial charge in [0.15, 0.2) is 15.8 Å². The van der Waals surface area contributed by atoms with Crippen LogP contribution in [-0.4, -0.2) is 34.6 Å². The molecule has 1 aromatic heterocycles. The Kier molecular flexibility index (Phi) is 6.15. The first-order valence-corrected chi connectivity index (χ1v) is 10.9. The molecule has 2 aromatic carbocycles. The van der Waals surface area contributed by atoms with Gasteiger partial charge in [-0.15, -0.1) is 10.2 Å². The quantitative estimate of drug-likeness (QED) is 0.542. The number of hydrogen-bond donors (Lipinski definition) is 2. The second-order valence-electron chi connectivity index (χ2n) is 6.45. The molecule has 4 rings (SSSR count). The van der Waals surface area contributed by atoms with Crippen molar-refractivity contribution in [3.63, 3.8) is 0 Å². The van der Waals surface area contributed by atoms with Crippen molar-refractivity contribution in [1.82, 2.24) is 15.5 Å². The van der Waals surface area contributed by atoms with Gasteiger partial charge in [-0.3, -0.25) is 9.59 Å². The van der Waals surface area contributed by atoms with Crippen LogP contribution < -0.4 is 20.1 Å². The summed E-state index contributed by atoms with van der Waals surface area (Å²) in [6.07, 6.45) is 0. The van der Waals surface area contributed by atoms with Crippen molar-refractivity contribution in [2.75, 3.05) is 17.9 Å². The number of rotatable bonds is 7. The van der Waals surface area contributed by atoms with Crippen LogP contribution in [0.5, 0.6) is 11.5 Å². The number of thioether (sulfide) groups is 1. The second kappa shape index (κ2) is 9.14. The topological polar surface area (TPSA) is 102 Å². The molecule has 0 fully saturated rings. The maximum atomic E-state index is 12.3. The third-order valence-corrected chi connectivity index (χ3v) is 6.22. The summed E-state index contributed by atoms with van der Waals surface area (Å²) in [4.78, 5) is 24.4. The zero-order chi connectivity index (χ0) is 20.9. The number of carbonyl (C=O) groups excluding carboxylic acids is 2. The number of aromatic nitrogens is 2. The fourth-order valence-corrected chi connectivity index (χ4v) is 4.19. The van der Waals surface area contributed by atoms with E-state index in [1.54, 1.807) is 0 Å². The molecule has 0 saturated heterocycles. The Bertz CT molecular complexity index is 1070. The Balaban J connectivity index is 1.24. The SMILES string of the molecule is Cc1ccc(NC(=O)c2nnc(SCC(=O)NCc3ccc4c(c3)OCO4)s2)cc1. The van der Waals surface area contributed by atoms with E-state index in [0.717, 1.165) is 22.5 Å². The number of amides is 2. The zero-order valence-electron chi connectivity index (χ0n) is 16.0. The first-order valence-electron chi connectivity index (χ1n) is 9.06. The highest BCUT2D eigenvalue weighted by atomic mass is 32.2. The van der Waals surface area contributed by atoms with Crippen LogP contribution in [0.25, 0.3) is 0 Å². The fraction of sp³-hybridized carbons (Fsp3) is 0.200. The van der Waals surface area contributed by atoms with E-state index in [9.17, 15) is 9.59 Å². The van der Waals surface area contributed by atoms with Gasteiger partial charge in [0.1, 0.15) is 0 Å². The van der Waals surface area contributed by atoms with Gasteiger partial charge in [0.2, 0.25) is 17.7 Å². The summed E-state index contributed by atoms with van der Waals surface area (Å²) in [5.74, 6) is 1.10. The highest BCUT2D eigenvalue weighted by Gasteiger charge is 2.15. The van der Waals surface area contributed by atoms with Crippen molar-refractivity contribution in [3.8, 4) is 11.5 Å². The molecular weight excluding hydrogens is 424 g/mol. The molecule has 0 spiro atoms. The highest BCUT2D eigenvalue weighted by Crippen LogP contribution is 2.32. The average molecular weight is 443 g/mol. The van der Waals surface area contributed by atoms with Crippen LogP contribution >= 0.6 is 23.1 Å². The molecule has 3 aromatic rings. The van der Waals surface area contributed by atoms with Crippen LogP contribution in [-0.2, 0) is 11.3 Å². The number of benzene rings is 2. The van der Waals surface area contributed by atoms with Crippen LogP contribution in [0.3, 0.4) is 0 Å². The lowest BCUT2D eigenvalue weighted by molar-refractivity contribution is -0.118. The number of aryl methyl sites for hydroxylation is 1. The van der Waals surface area contributed by atoms with Crippen LogP contribution in [0.2, 0.25) is 0 Å². The molecule has 30 heavy (non-hydrogen) atoms. The third kappa shape index (κ3) is 5.08. The van der Waals surface area contributed by atoms with E-state index in [-0.39, 0.29) is 29.4 Å². The molecule has 1 aliphatic rings. The molecule has 2 heterocycles. The largest absolute Gasteiger partial charge is 0.454 e. The molecule has 0 bridgehead atoms. The minimum absolute atomic E-state index is 0.140. The molecule has 2 N–H and O–H groups in total. The number of nitrogens with one attached hydrogen (secondary N) is 2. The van der Waals surface area contributed by atoms with Crippen molar-refractivity contribution >= 4 is 40.6 Å². The Morgan fingerprint density at radius 1 is 1.10 bits per heavy atom. The third-order valence-electron chi connectivity index (χ3n) is 4.16. The number of nitrogens with zero attached hydrogens (tertiary/aromatic N) is 2. The van der Waals surface area contributed by atoms with Gasteiger partial charge in [-0.2, -0.15) is 0 Å². The van der Waals surface area contributed by atoms with E-state index in [1.165, 1.54) is 11.8 Å². The minimum Gasteiger partial charge on any atom is -0.454 e. The number of ether oxygens (including phenoxy) is 2. The van der Waals surface area contributed by atoms with Gasteiger partial charge in [0.05, 0.1) is 5.75 Å². The van der Waals surface area contributed by atoms with Crippen LogP contribution in [0.15, 0.2) is 46.8 Å². The Hall–Kier alpha value is -3.11. The van der Waals surface area contributed by atoms with E-state index in [0.29, 0.717) is 28.1 Å². The van der Waals surface area contributed by atoms with E-state index in [1.807, 2.05) is 49.4 Å². The van der Waals surface area contributed by atoms with Crippen molar-refractivity contribution in [3.05, 3.63) is 58.6 Å². The lowest BCUT2D eigenvalue weighted by atomic mass is 10.2. The van der Waals surface area contributed by atoms with Gasteiger partial charge in [0, 0.05) is 12.2 Å². The van der Waals surface area contributed by atoms with E-state index in [2.05, 4.69) is 20.8 Å².